The number of nitrogens with zero attached hydrogens (tertiary/aromatic N) is 1. The highest BCUT2D eigenvalue weighted by Crippen LogP contribution is 2.19. The van der Waals surface area contributed by atoms with E-state index < -0.39 is 0 Å². The highest BCUT2D eigenvalue weighted by Gasteiger charge is 2.01. The van der Waals surface area contributed by atoms with E-state index in [9.17, 15) is 0 Å². The number of aliphatic imine (C=N–C) groups is 1. The highest BCUT2D eigenvalue weighted by molar-refractivity contribution is 9.10. The van der Waals surface area contributed by atoms with Crippen LogP contribution < -0.4 is 15.4 Å². The average molecular weight is 382 g/mol. The van der Waals surface area contributed by atoms with Gasteiger partial charge in [0.25, 0.3) is 0 Å². The van der Waals surface area contributed by atoms with E-state index >= 15 is 0 Å². The first-order valence-corrected chi connectivity index (χ1v) is 8.76. The van der Waals surface area contributed by atoms with E-state index in [1.807, 2.05) is 24.3 Å². The zero-order chi connectivity index (χ0) is 15.8. The molecular formula is C16H20BrN3OS. The summed E-state index contributed by atoms with van der Waals surface area (Å²) in [4.78, 5) is 5.87. The van der Waals surface area contributed by atoms with Crippen LogP contribution in [0.15, 0.2) is 45.2 Å². The van der Waals surface area contributed by atoms with E-state index in [0.29, 0.717) is 6.54 Å². The lowest BCUT2D eigenvalue weighted by molar-refractivity contribution is 0.414. The normalized spacial score (nSPS) is 11.3. The molecule has 6 heteroatoms. The predicted octanol–water partition coefficient (Wildman–Crippen LogP) is 3.77. The second-order valence-corrected chi connectivity index (χ2v) is 6.54. The minimum Gasteiger partial charge on any atom is -0.497 e. The Morgan fingerprint density at radius 3 is 2.64 bits per heavy atom. The number of halogens is 1. The van der Waals surface area contributed by atoms with Gasteiger partial charge in [-0.15, -0.1) is 11.3 Å². The number of hydrogen-bond donors (Lipinski definition) is 2. The number of rotatable bonds is 6. The van der Waals surface area contributed by atoms with Gasteiger partial charge in [0.1, 0.15) is 5.75 Å². The largest absolute Gasteiger partial charge is 0.497 e. The van der Waals surface area contributed by atoms with Crippen LogP contribution in [0.3, 0.4) is 0 Å². The molecule has 0 aliphatic carbocycles. The van der Waals surface area contributed by atoms with Gasteiger partial charge in [-0.05, 0) is 46.6 Å². The maximum absolute atomic E-state index is 5.16. The zero-order valence-corrected chi connectivity index (χ0v) is 15.1. The highest BCUT2D eigenvalue weighted by atomic mass is 79.9. The molecule has 2 rings (SSSR count). The van der Waals surface area contributed by atoms with Gasteiger partial charge in [-0.25, -0.2) is 4.99 Å². The molecule has 0 fully saturated rings. The van der Waals surface area contributed by atoms with Crippen molar-refractivity contribution in [1.29, 1.82) is 0 Å². The van der Waals surface area contributed by atoms with Crippen LogP contribution in [0.5, 0.6) is 5.75 Å². The van der Waals surface area contributed by atoms with Gasteiger partial charge in [0.15, 0.2) is 5.96 Å². The number of methoxy groups -OCH3 is 1. The van der Waals surface area contributed by atoms with E-state index in [1.165, 1.54) is 4.88 Å². The van der Waals surface area contributed by atoms with Gasteiger partial charge in [0.05, 0.1) is 20.2 Å². The van der Waals surface area contributed by atoms with Crippen LogP contribution in [-0.2, 0) is 13.1 Å². The Bertz CT molecular complexity index is 610. The molecule has 0 atom stereocenters. The second-order valence-electron chi connectivity index (χ2n) is 4.63. The van der Waals surface area contributed by atoms with Crippen LogP contribution in [0.4, 0.5) is 0 Å². The van der Waals surface area contributed by atoms with Crippen molar-refractivity contribution in [2.75, 3.05) is 13.7 Å². The summed E-state index contributed by atoms with van der Waals surface area (Å²) in [5.41, 5.74) is 1.15. The molecule has 22 heavy (non-hydrogen) atoms. The summed E-state index contributed by atoms with van der Waals surface area (Å²) in [6, 6.07) is 10.1. The Labute approximate surface area is 143 Å². The fourth-order valence-corrected chi connectivity index (χ4v) is 3.25. The molecule has 0 saturated heterocycles. The summed E-state index contributed by atoms with van der Waals surface area (Å²) in [5, 5.41) is 8.69. The maximum Gasteiger partial charge on any atom is 0.191 e. The molecule has 0 unspecified atom stereocenters. The van der Waals surface area contributed by atoms with Crippen LogP contribution in [0.2, 0.25) is 0 Å². The van der Waals surface area contributed by atoms with Gasteiger partial charge in [0.2, 0.25) is 0 Å². The van der Waals surface area contributed by atoms with Crippen molar-refractivity contribution in [3.05, 3.63) is 50.6 Å². The molecule has 118 valence electrons. The molecule has 0 spiro atoms. The maximum atomic E-state index is 5.16. The topological polar surface area (TPSA) is 45.7 Å². The van der Waals surface area contributed by atoms with Crippen molar-refractivity contribution < 1.29 is 4.74 Å². The van der Waals surface area contributed by atoms with Crippen LogP contribution >= 0.6 is 27.3 Å². The lowest BCUT2D eigenvalue weighted by Gasteiger charge is -2.10. The van der Waals surface area contributed by atoms with Crippen molar-refractivity contribution in [2.24, 2.45) is 4.99 Å². The lowest BCUT2D eigenvalue weighted by atomic mass is 10.2. The molecule has 2 aromatic rings. The number of ether oxygens (including phenoxy) is 1. The molecule has 0 bridgehead atoms. The van der Waals surface area contributed by atoms with Crippen LogP contribution in [0, 0.1) is 0 Å². The molecule has 1 aromatic heterocycles. The monoisotopic (exact) mass is 381 g/mol. The summed E-state index contributed by atoms with van der Waals surface area (Å²) >= 11 is 5.19. The molecule has 0 radical (unpaired) electrons. The van der Waals surface area contributed by atoms with Crippen molar-refractivity contribution in [1.82, 2.24) is 10.6 Å². The SMILES string of the molecule is CCNC(=NCc1ccc(OC)cc1)NCc1cc(Br)cs1. The van der Waals surface area contributed by atoms with E-state index in [1.54, 1.807) is 18.4 Å². The van der Waals surface area contributed by atoms with E-state index in [2.05, 4.69) is 49.9 Å². The molecule has 0 aliphatic heterocycles. The smallest absolute Gasteiger partial charge is 0.191 e. The third-order valence-electron chi connectivity index (χ3n) is 2.97. The third kappa shape index (κ3) is 5.35. The zero-order valence-electron chi connectivity index (χ0n) is 12.7. The van der Waals surface area contributed by atoms with Crippen LogP contribution in [0.25, 0.3) is 0 Å². The Morgan fingerprint density at radius 1 is 1.27 bits per heavy atom. The molecular weight excluding hydrogens is 362 g/mol. The molecule has 0 aliphatic rings. The molecule has 0 saturated carbocycles. The van der Waals surface area contributed by atoms with Gasteiger partial charge in [-0.3, -0.25) is 0 Å². The second kappa shape index (κ2) is 8.80. The van der Waals surface area contributed by atoms with Gasteiger partial charge in [-0.1, -0.05) is 12.1 Å². The summed E-state index contributed by atoms with van der Waals surface area (Å²) in [6.07, 6.45) is 0. The first kappa shape index (κ1) is 16.8. The minimum absolute atomic E-state index is 0.632. The molecule has 4 nitrogen and oxygen atoms in total. The summed E-state index contributed by atoms with van der Waals surface area (Å²) in [6.45, 7) is 4.30. The lowest BCUT2D eigenvalue weighted by Crippen LogP contribution is -2.36. The summed E-state index contributed by atoms with van der Waals surface area (Å²) < 4.78 is 6.28. The molecule has 2 N–H and O–H groups in total. The first-order valence-electron chi connectivity index (χ1n) is 7.09. The summed E-state index contributed by atoms with van der Waals surface area (Å²) in [7, 11) is 1.67. The van der Waals surface area contributed by atoms with E-state index in [-0.39, 0.29) is 0 Å². The Kier molecular flexibility index (Phi) is 6.74. The Morgan fingerprint density at radius 2 is 2.05 bits per heavy atom. The number of hydrogen-bond acceptors (Lipinski definition) is 3. The van der Waals surface area contributed by atoms with Gasteiger partial charge in [0, 0.05) is 21.3 Å². The first-order chi connectivity index (χ1) is 10.7. The van der Waals surface area contributed by atoms with E-state index in [0.717, 1.165) is 34.8 Å². The molecule has 1 aromatic carbocycles. The number of thiophene rings is 1. The molecule has 0 amide bonds. The minimum atomic E-state index is 0.632. The fourth-order valence-electron chi connectivity index (χ4n) is 1.86. The van der Waals surface area contributed by atoms with Crippen molar-refractivity contribution >= 4 is 33.2 Å². The van der Waals surface area contributed by atoms with Crippen molar-refractivity contribution in [3.63, 3.8) is 0 Å². The van der Waals surface area contributed by atoms with Gasteiger partial charge in [-0.2, -0.15) is 0 Å². The quantitative estimate of drug-likeness (QED) is 0.591. The van der Waals surface area contributed by atoms with Gasteiger partial charge < -0.3 is 15.4 Å². The van der Waals surface area contributed by atoms with E-state index in [4.69, 9.17) is 4.74 Å². The van der Waals surface area contributed by atoms with Crippen LogP contribution in [-0.4, -0.2) is 19.6 Å². The van der Waals surface area contributed by atoms with Crippen LogP contribution in [0.1, 0.15) is 17.4 Å². The van der Waals surface area contributed by atoms with Crippen molar-refractivity contribution in [2.45, 2.75) is 20.0 Å². The third-order valence-corrected chi connectivity index (χ3v) is 4.67. The van der Waals surface area contributed by atoms with Crippen molar-refractivity contribution in [3.8, 4) is 5.75 Å². The number of benzene rings is 1. The fraction of sp³-hybridized carbons (Fsp3) is 0.312. The standard InChI is InChI=1S/C16H20BrN3OS/c1-3-18-16(20-10-15-8-13(17)11-22-15)19-9-12-4-6-14(21-2)7-5-12/h4-8,11H,3,9-10H2,1-2H3,(H2,18,19,20). The Hall–Kier alpha value is -1.53. The van der Waals surface area contributed by atoms with Gasteiger partial charge >= 0.3 is 0 Å². The number of nitrogens with one attached hydrogen (secondary N) is 2. The predicted molar refractivity (Wildman–Crippen MR) is 96.7 cm³/mol. The average Bonchev–Trinajstić information content (AvgIpc) is 2.96. The Balaban J connectivity index is 1.93. The summed E-state index contributed by atoms with van der Waals surface area (Å²) in [5.74, 6) is 1.68. The number of guanidine groups is 1. The molecule has 1 heterocycles.